The molecule has 0 saturated carbocycles. The molecule has 0 aliphatic heterocycles. The highest BCUT2D eigenvalue weighted by molar-refractivity contribution is 5.92. The van der Waals surface area contributed by atoms with Gasteiger partial charge in [0.25, 0.3) is 0 Å². The topological polar surface area (TPSA) is 73.1 Å². The van der Waals surface area contributed by atoms with Gasteiger partial charge in [-0.25, -0.2) is 0 Å². The second-order valence-corrected chi connectivity index (χ2v) is 4.63. The Morgan fingerprint density at radius 2 is 2.11 bits per heavy atom. The van der Waals surface area contributed by atoms with Gasteiger partial charge in [-0.05, 0) is 37.1 Å². The quantitative estimate of drug-likeness (QED) is 0.792. The number of hydrogen-bond acceptors (Lipinski definition) is 3. The van der Waals surface area contributed by atoms with Crippen LogP contribution in [-0.4, -0.2) is 23.2 Å². The predicted octanol–water partition coefficient (Wildman–Crippen LogP) is 1.85. The molecule has 1 unspecified atom stereocenters. The van der Waals surface area contributed by atoms with E-state index in [1.165, 1.54) is 6.08 Å². The molecule has 4 nitrogen and oxygen atoms in total. The third-order valence-electron chi connectivity index (χ3n) is 3.02. The first kappa shape index (κ1) is 14.9. The first-order valence-electron chi connectivity index (χ1n) is 6.14. The molecule has 0 radical (unpaired) electrons. The van der Waals surface area contributed by atoms with Gasteiger partial charge in [-0.3, -0.25) is 4.79 Å². The second-order valence-electron chi connectivity index (χ2n) is 4.63. The molecular formula is C15H18N2O2. The van der Waals surface area contributed by atoms with Gasteiger partial charge in [0.2, 0.25) is 5.91 Å². The highest BCUT2D eigenvalue weighted by atomic mass is 16.3. The van der Waals surface area contributed by atoms with E-state index in [0.29, 0.717) is 12.0 Å². The van der Waals surface area contributed by atoms with Crippen molar-refractivity contribution in [3.63, 3.8) is 0 Å². The monoisotopic (exact) mass is 258 g/mol. The van der Waals surface area contributed by atoms with Crippen LogP contribution in [-0.2, 0) is 4.79 Å². The Balaban J connectivity index is 2.65. The van der Waals surface area contributed by atoms with Crippen LogP contribution in [0.4, 0.5) is 0 Å². The number of rotatable bonds is 5. The predicted molar refractivity (Wildman–Crippen MR) is 74.1 cm³/mol. The van der Waals surface area contributed by atoms with Crippen molar-refractivity contribution >= 4 is 12.0 Å². The molecule has 1 rings (SSSR count). The molecule has 1 aromatic rings. The molecule has 0 heterocycles. The molecule has 1 aromatic carbocycles. The van der Waals surface area contributed by atoms with Crippen LogP contribution >= 0.6 is 0 Å². The summed E-state index contributed by atoms with van der Waals surface area (Å²) in [5, 5.41) is 20.6. The Labute approximate surface area is 113 Å². The van der Waals surface area contributed by atoms with Gasteiger partial charge < -0.3 is 10.4 Å². The Kier molecular flexibility index (Phi) is 5.28. The molecule has 4 heteroatoms. The molecule has 0 fully saturated rings. The largest absolute Gasteiger partial charge is 0.394 e. The van der Waals surface area contributed by atoms with Gasteiger partial charge >= 0.3 is 0 Å². The molecule has 0 spiro atoms. The van der Waals surface area contributed by atoms with Gasteiger partial charge in [0, 0.05) is 6.08 Å². The van der Waals surface area contributed by atoms with Gasteiger partial charge in [0.15, 0.2) is 0 Å². The molecular weight excluding hydrogens is 240 g/mol. The van der Waals surface area contributed by atoms with Crippen molar-refractivity contribution in [3.8, 4) is 6.07 Å². The average molecular weight is 258 g/mol. The van der Waals surface area contributed by atoms with E-state index in [2.05, 4.69) is 5.32 Å². The van der Waals surface area contributed by atoms with E-state index in [1.54, 1.807) is 37.3 Å². The number of benzene rings is 1. The minimum atomic E-state index is -0.591. The summed E-state index contributed by atoms with van der Waals surface area (Å²) in [4.78, 5) is 11.7. The number of hydrogen-bond donors (Lipinski definition) is 2. The van der Waals surface area contributed by atoms with E-state index < -0.39 is 5.54 Å². The van der Waals surface area contributed by atoms with Crippen molar-refractivity contribution in [1.82, 2.24) is 5.32 Å². The maximum atomic E-state index is 11.7. The summed E-state index contributed by atoms with van der Waals surface area (Å²) in [6.45, 7) is 3.60. The lowest BCUT2D eigenvalue weighted by Gasteiger charge is -2.26. The van der Waals surface area contributed by atoms with Crippen molar-refractivity contribution in [2.24, 2.45) is 0 Å². The summed E-state index contributed by atoms with van der Waals surface area (Å²) >= 11 is 0. The molecule has 100 valence electrons. The Bertz CT molecular complexity index is 494. The van der Waals surface area contributed by atoms with Crippen molar-refractivity contribution in [1.29, 1.82) is 5.26 Å². The maximum Gasteiger partial charge on any atom is 0.244 e. The third-order valence-corrected chi connectivity index (χ3v) is 3.02. The zero-order valence-corrected chi connectivity index (χ0v) is 11.2. The van der Waals surface area contributed by atoms with E-state index in [9.17, 15) is 9.90 Å². The zero-order chi connectivity index (χ0) is 14.3. The van der Waals surface area contributed by atoms with Crippen molar-refractivity contribution in [2.45, 2.75) is 25.8 Å². The molecule has 0 bridgehead atoms. The van der Waals surface area contributed by atoms with Crippen LogP contribution in [0.2, 0.25) is 0 Å². The molecule has 19 heavy (non-hydrogen) atoms. The number of carbonyl (C=O) groups is 1. The highest BCUT2D eigenvalue weighted by Crippen LogP contribution is 2.08. The number of carbonyl (C=O) groups excluding carboxylic acids is 1. The van der Waals surface area contributed by atoms with Gasteiger partial charge in [-0.15, -0.1) is 0 Å². The van der Waals surface area contributed by atoms with Gasteiger partial charge in [0.05, 0.1) is 23.8 Å². The first-order valence-corrected chi connectivity index (χ1v) is 6.14. The van der Waals surface area contributed by atoms with Crippen molar-refractivity contribution < 1.29 is 9.90 Å². The average Bonchev–Trinajstić information content (AvgIpc) is 2.45. The van der Waals surface area contributed by atoms with E-state index in [0.717, 1.165) is 5.56 Å². The second kappa shape index (κ2) is 6.72. The Morgan fingerprint density at radius 1 is 1.47 bits per heavy atom. The molecule has 0 aliphatic carbocycles. The summed E-state index contributed by atoms with van der Waals surface area (Å²) < 4.78 is 0. The van der Waals surface area contributed by atoms with Gasteiger partial charge in [0.1, 0.15) is 0 Å². The molecule has 0 aliphatic rings. The third kappa shape index (κ3) is 4.57. The maximum absolute atomic E-state index is 11.7. The summed E-state index contributed by atoms with van der Waals surface area (Å²) in [7, 11) is 0. The summed E-state index contributed by atoms with van der Waals surface area (Å²) in [6.07, 6.45) is 3.74. The number of aliphatic hydroxyl groups excluding tert-OH is 1. The lowest BCUT2D eigenvalue weighted by atomic mass is 10.0. The Morgan fingerprint density at radius 3 is 2.58 bits per heavy atom. The molecule has 1 amide bonds. The minimum absolute atomic E-state index is 0.0973. The number of aliphatic hydroxyl groups is 1. The van der Waals surface area contributed by atoms with Crippen LogP contribution in [0.15, 0.2) is 30.3 Å². The fourth-order valence-electron chi connectivity index (χ4n) is 1.42. The van der Waals surface area contributed by atoms with Crippen LogP contribution in [0.5, 0.6) is 0 Å². The summed E-state index contributed by atoms with van der Waals surface area (Å²) in [5.74, 6) is -0.247. The van der Waals surface area contributed by atoms with Crippen LogP contribution in [0, 0.1) is 11.3 Å². The van der Waals surface area contributed by atoms with Crippen molar-refractivity contribution in [3.05, 3.63) is 41.5 Å². The lowest BCUT2D eigenvalue weighted by Crippen LogP contribution is -2.47. The van der Waals surface area contributed by atoms with Crippen LogP contribution in [0.1, 0.15) is 31.4 Å². The van der Waals surface area contributed by atoms with E-state index in [4.69, 9.17) is 5.26 Å². The minimum Gasteiger partial charge on any atom is -0.394 e. The van der Waals surface area contributed by atoms with E-state index in [1.807, 2.05) is 13.0 Å². The lowest BCUT2D eigenvalue weighted by molar-refractivity contribution is -0.118. The van der Waals surface area contributed by atoms with Crippen molar-refractivity contribution in [2.75, 3.05) is 6.61 Å². The van der Waals surface area contributed by atoms with Gasteiger partial charge in [-0.2, -0.15) is 5.26 Å². The molecule has 1 atom stereocenters. The smallest absolute Gasteiger partial charge is 0.244 e. The Hall–Kier alpha value is -2.12. The van der Waals surface area contributed by atoms with Crippen LogP contribution in [0.3, 0.4) is 0 Å². The number of nitrogens with one attached hydrogen (secondary N) is 1. The van der Waals surface area contributed by atoms with Crippen LogP contribution in [0.25, 0.3) is 6.08 Å². The van der Waals surface area contributed by atoms with Gasteiger partial charge in [-0.1, -0.05) is 19.1 Å². The highest BCUT2D eigenvalue weighted by Gasteiger charge is 2.21. The number of nitrogens with zero attached hydrogens (tertiary/aromatic N) is 1. The zero-order valence-electron chi connectivity index (χ0n) is 11.2. The summed E-state index contributed by atoms with van der Waals surface area (Å²) in [6, 6.07) is 8.97. The summed E-state index contributed by atoms with van der Waals surface area (Å²) in [5.41, 5.74) is 0.836. The first-order chi connectivity index (χ1) is 9.03. The molecule has 0 aromatic heterocycles. The SMILES string of the molecule is CCC(C)(CO)NC(=O)C=Cc1ccc(C#N)cc1. The van der Waals surface area contributed by atoms with E-state index >= 15 is 0 Å². The molecule has 2 N–H and O–H groups in total. The normalized spacial score (nSPS) is 13.8. The fourth-order valence-corrected chi connectivity index (χ4v) is 1.42. The number of amides is 1. The molecule has 0 saturated heterocycles. The van der Waals surface area contributed by atoms with Crippen LogP contribution < -0.4 is 5.32 Å². The van der Waals surface area contributed by atoms with E-state index in [-0.39, 0.29) is 12.5 Å². The number of nitriles is 1. The fraction of sp³-hybridized carbons (Fsp3) is 0.333. The standard InChI is InChI=1S/C15H18N2O2/c1-3-15(2,11-18)17-14(19)9-8-12-4-6-13(10-16)7-5-12/h4-9,18H,3,11H2,1-2H3,(H,17,19).